The number of carbonyl (C=O) groups excluding carboxylic acids is 1. The summed E-state index contributed by atoms with van der Waals surface area (Å²) >= 11 is 0. The van der Waals surface area contributed by atoms with Gasteiger partial charge in [0.15, 0.2) is 0 Å². The maximum absolute atomic E-state index is 10.7. The first kappa shape index (κ1) is 7.45. The summed E-state index contributed by atoms with van der Waals surface area (Å²) in [5.41, 5.74) is 0. The van der Waals surface area contributed by atoms with Crippen LogP contribution in [0.5, 0.6) is 6.01 Å². The molecule has 0 atom stereocenters. The molecule has 1 amide bonds. The number of rotatable bonds is 2. The average molecular weight is 157 g/mol. The van der Waals surface area contributed by atoms with E-state index in [4.69, 9.17) is 0 Å². The highest BCUT2D eigenvalue weighted by Crippen LogP contribution is 1.92. The van der Waals surface area contributed by atoms with Crippen LogP contribution in [-0.2, 0) is 0 Å². The highest BCUT2D eigenvalue weighted by Gasteiger charge is 2.04. The van der Waals surface area contributed by atoms with Crippen molar-refractivity contribution in [1.29, 1.82) is 0 Å². The van der Waals surface area contributed by atoms with E-state index in [1.807, 2.05) is 0 Å². The molecule has 0 saturated carbocycles. The number of carbonyl (C=O) groups is 1. The van der Waals surface area contributed by atoms with Crippen molar-refractivity contribution in [2.24, 2.45) is 0 Å². The van der Waals surface area contributed by atoms with Crippen LogP contribution in [0.15, 0.2) is 0 Å². The van der Waals surface area contributed by atoms with Gasteiger partial charge in [0, 0.05) is 6.54 Å². The summed E-state index contributed by atoms with van der Waals surface area (Å²) in [5, 5.41) is 14.6. The number of aromatic amines is 1. The van der Waals surface area contributed by atoms with Gasteiger partial charge in [-0.1, -0.05) is 10.2 Å². The van der Waals surface area contributed by atoms with Gasteiger partial charge in [-0.15, -0.1) is 0 Å². The summed E-state index contributed by atoms with van der Waals surface area (Å²) < 4.78 is 4.53. The molecule has 1 rings (SSSR count). The molecule has 0 bridgehead atoms. The zero-order chi connectivity index (χ0) is 8.10. The first-order chi connectivity index (χ1) is 5.33. The number of hydrogen-bond donors (Lipinski definition) is 2. The molecule has 2 N–H and O–H groups in total. The topological polar surface area (TPSA) is 92.8 Å². The van der Waals surface area contributed by atoms with Crippen LogP contribution in [0.3, 0.4) is 0 Å². The van der Waals surface area contributed by atoms with Gasteiger partial charge in [-0.25, -0.2) is 4.79 Å². The molecule has 0 fully saturated rings. The number of nitrogens with zero attached hydrogens (tertiary/aromatic N) is 3. The number of tetrazole rings is 1. The van der Waals surface area contributed by atoms with Crippen molar-refractivity contribution in [3.63, 3.8) is 0 Å². The van der Waals surface area contributed by atoms with Crippen LogP contribution in [0, 0.1) is 0 Å². The summed E-state index contributed by atoms with van der Waals surface area (Å²) in [6.07, 6.45) is -0.589. The van der Waals surface area contributed by atoms with E-state index < -0.39 is 6.09 Å². The molecule has 0 aliphatic heterocycles. The third kappa shape index (κ3) is 2.20. The molecule has 0 aliphatic rings. The lowest BCUT2D eigenvalue weighted by Crippen LogP contribution is -2.26. The van der Waals surface area contributed by atoms with Crippen LogP contribution >= 0.6 is 0 Å². The second-order valence-corrected chi connectivity index (χ2v) is 1.61. The summed E-state index contributed by atoms with van der Waals surface area (Å²) in [7, 11) is 0. The molecule has 1 aromatic heterocycles. The summed E-state index contributed by atoms with van der Waals surface area (Å²) in [6, 6.07) is -0.0871. The zero-order valence-corrected chi connectivity index (χ0v) is 5.87. The van der Waals surface area contributed by atoms with Crippen LogP contribution in [0.1, 0.15) is 6.92 Å². The van der Waals surface area contributed by atoms with Crippen molar-refractivity contribution in [2.45, 2.75) is 6.92 Å². The Morgan fingerprint density at radius 3 is 3.18 bits per heavy atom. The molecular formula is C4H7N5O2. The van der Waals surface area contributed by atoms with E-state index in [-0.39, 0.29) is 6.01 Å². The number of ether oxygens (including phenoxy) is 1. The molecule has 60 valence electrons. The van der Waals surface area contributed by atoms with Crippen molar-refractivity contribution in [3.05, 3.63) is 0 Å². The van der Waals surface area contributed by atoms with Crippen LogP contribution in [0.4, 0.5) is 4.79 Å². The van der Waals surface area contributed by atoms with Gasteiger partial charge in [-0.05, 0) is 12.1 Å². The van der Waals surface area contributed by atoms with Gasteiger partial charge in [0.1, 0.15) is 0 Å². The fourth-order valence-electron chi connectivity index (χ4n) is 0.459. The molecular weight excluding hydrogens is 150 g/mol. The standard InChI is InChI=1S/C4H7N5O2/c1-2-5-4(10)11-3-6-8-9-7-3/h2H2,1H3,(H,5,10)(H,6,7,8,9). The van der Waals surface area contributed by atoms with Crippen molar-refractivity contribution < 1.29 is 9.53 Å². The summed E-state index contributed by atoms with van der Waals surface area (Å²) in [4.78, 5) is 10.7. The smallest absolute Gasteiger partial charge is 0.372 e. The lowest BCUT2D eigenvalue weighted by Gasteiger charge is -1.97. The van der Waals surface area contributed by atoms with Crippen LogP contribution < -0.4 is 10.1 Å². The predicted octanol–water partition coefficient (Wildman–Crippen LogP) is -0.692. The van der Waals surface area contributed by atoms with E-state index in [1.54, 1.807) is 6.92 Å². The van der Waals surface area contributed by atoms with Gasteiger partial charge in [-0.3, -0.25) is 0 Å². The Bertz CT molecular complexity index is 220. The molecule has 1 aromatic rings. The molecule has 0 aromatic carbocycles. The normalized spacial score (nSPS) is 9.18. The summed E-state index contributed by atoms with van der Waals surface area (Å²) in [5.74, 6) is 0. The Morgan fingerprint density at radius 2 is 2.64 bits per heavy atom. The quantitative estimate of drug-likeness (QED) is 0.592. The number of hydrogen-bond acceptors (Lipinski definition) is 5. The molecule has 7 heteroatoms. The van der Waals surface area contributed by atoms with E-state index >= 15 is 0 Å². The number of H-pyrrole nitrogens is 1. The first-order valence-corrected chi connectivity index (χ1v) is 3.02. The van der Waals surface area contributed by atoms with Crippen molar-refractivity contribution in [1.82, 2.24) is 25.9 Å². The van der Waals surface area contributed by atoms with Crippen LogP contribution in [0.2, 0.25) is 0 Å². The minimum absolute atomic E-state index is 0.0871. The van der Waals surface area contributed by atoms with Gasteiger partial charge in [0.2, 0.25) is 0 Å². The maximum atomic E-state index is 10.7. The van der Waals surface area contributed by atoms with Crippen LogP contribution in [0.25, 0.3) is 0 Å². The second-order valence-electron chi connectivity index (χ2n) is 1.61. The van der Waals surface area contributed by atoms with Gasteiger partial charge in [-0.2, -0.15) is 5.21 Å². The number of amides is 1. The monoisotopic (exact) mass is 157 g/mol. The highest BCUT2D eigenvalue weighted by atomic mass is 16.6. The van der Waals surface area contributed by atoms with Gasteiger partial charge < -0.3 is 10.1 Å². The Labute approximate surface area is 62.1 Å². The fraction of sp³-hybridized carbons (Fsp3) is 0.500. The fourth-order valence-corrected chi connectivity index (χ4v) is 0.459. The molecule has 0 saturated heterocycles. The van der Waals surface area contributed by atoms with Gasteiger partial charge >= 0.3 is 12.1 Å². The predicted molar refractivity (Wildman–Crippen MR) is 33.9 cm³/mol. The van der Waals surface area contributed by atoms with Gasteiger partial charge in [0.25, 0.3) is 0 Å². The minimum Gasteiger partial charge on any atom is -0.372 e. The Kier molecular flexibility index (Phi) is 2.37. The molecule has 7 nitrogen and oxygen atoms in total. The van der Waals surface area contributed by atoms with E-state index in [9.17, 15) is 4.79 Å². The lowest BCUT2D eigenvalue weighted by atomic mass is 10.8. The molecule has 0 aliphatic carbocycles. The third-order valence-electron chi connectivity index (χ3n) is 0.831. The molecule has 0 radical (unpaired) electrons. The van der Waals surface area contributed by atoms with Crippen molar-refractivity contribution >= 4 is 6.09 Å². The first-order valence-electron chi connectivity index (χ1n) is 3.02. The molecule has 11 heavy (non-hydrogen) atoms. The zero-order valence-electron chi connectivity index (χ0n) is 5.87. The lowest BCUT2D eigenvalue weighted by molar-refractivity contribution is 0.197. The molecule has 0 spiro atoms. The van der Waals surface area contributed by atoms with E-state index in [2.05, 4.69) is 30.7 Å². The maximum Gasteiger partial charge on any atom is 0.415 e. The van der Waals surface area contributed by atoms with Crippen molar-refractivity contribution in [3.8, 4) is 6.01 Å². The van der Waals surface area contributed by atoms with E-state index in [1.165, 1.54) is 0 Å². The Hall–Kier alpha value is -1.66. The SMILES string of the molecule is CCNC(=O)Oc1nn[nH]n1. The Morgan fingerprint density at radius 1 is 1.82 bits per heavy atom. The van der Waals surface area contributed by atoms with E-state index in [0.717, 1.165) is 0 Å². The average Bonchev–Trinajstić information content (AvgIpc) is 2.40. The van der Waals surface area contributed by atoms with Crippen molar-refractivity contribution in [2.75, 3.05) is 6.54 Å². The minimum atomic E-state index is -0.589. The number of aromatic nitrogens is 4. The second kappa shape index (κ2) is 3.49. The van der Waals surface area contributed by atoms with E-state index in [0.29, 0.717) is 6.54 Å². The third-order valence-corrected chi connectivity index (χ3v) is 0.831. The molecule has 0 unspecified atom stereocenters. The number of nitrogens with one attached hydrogen (secondary N) is 2. The largest absolute Gasteiger partial charge is 0.415 e. The van der Waals surface area contributed by atoms with Gasteiger partial charge in [0.05, 0.1) is 0 Å². The Balaban J connectivity index is 2.37. The molecule has 1 heterocycles. The summed E-state index contributed by atoms with van der Waals surface area (Å²) in [6.45, 7) is 2.27. The highest BCUT2D eigenvalue weighted by molar-refractivity contribution is 5.69. The van der Waals surface area contributed by atoms with Crippen LogP contribution in [-0.4, -0.2) is 33.3 Å².